The Labute approximate surface area is 177 Å². The number of carbonyl (C=O) groups is 2. The number of sulfone groups is 1. The molecular formula is C18H22BrN3O6S. The third-order valence-corrected chi connectivity index (χ3v) is 5.49. The number of ether oxygens (including phenoxy) is 1. The fourth-order valence-corrected chi connectivity index (χ4v) is 3.39. The van der Waals surface area contributed by atoms with Crippen LogP contribution in [0.5, 0.6) is 0 Å². The number of aromatic nitrogens is 2. The van der Waals surface area contributed by atoms with Gasteiger partial charge in [-0.3, -0.25) is 4.79 Å². The highest BCUT2D eigenvalue weighted by atomic mass is 79.9. The van der Waals surface area contributed by atoms with Crippen molar-refractivity contribution in [3.05, 3.63) is 46.0 Å². The standard InChI is InChI=1S/C18H22BrN3O6S/c1-11(2)16-21-15(28-22-16)10-27-18(24)14(8-9-29(3,25)26)20-17(23)12-6-4-5-7-13(12)19/h4-7,11,14H,8-10H2,1-3H3,(H,20,23)/t14-/m0/s1. The van der Waals surface area contributed by atoms with Crippen molar-refractivity contribution in [2.75, 3.05) is 12.0 Å². The topological polar surface area (TPSA) is 128 Å². The van der Waals surface area contributed by atoms with Crippen molar-refractivity contribution < 1.29 is 27.3 Å². The molecule has 0 spiro atoms. The van der Waals surface area contributed by atoms with Crippen molar-refractivity contribution >= 4 is 37.6 Å². The zero-order valence-electron chi connectivity index (χ0n) is 16.2. The number of nitrogens with one attached hydrogen (secondary N) is 1. The monoisotopic (exact) mass is 487 g/mol. The molecule has 158 valence electrons. The molecule has 1 amide bonds. The smallest absolute Gasteiger partial charge is 0.329 e. The minimum Gasteiger partial charge on any atom is -0.454 e. The summed E-state index contributed by atoms with van der Waals surface area (Å²) >= 11 is 3.27. The van der Waals surface area contributed by atoms with Gasteiger partial charge in [-0.25, -0.2) is 13.2 Å². The number of amides is 1. The minimum atomic E-state index is -3.34. The number of carbonyl (C=O) groups excluding carboxylic acids is 2. The van der Waals surface area contributed by atoms with Gasteiger partial charge in [-0.1, -0.05) is 31.1 Å². The van der Waals surface area contributed by atoms with Gasteiger partial charge < -0.3 is 14.6 Å². The van der Waals surface area contributed by atoms with Crippen molar-refractivity contribution in [2.24, 2.45) is 0 Å². The summed E-state index contributed by atoms with van der Waals surface area (Å²) in [5.74, 6) is -0.977. The second-order valence-corrected chi connectivity index (χ2v) is 9.85. The van der Waals surface area contributed by atoms with E-state index in [1.807, 2.05) is 13.8 Å². The van der Waals surface area contributed by atoms with Crippen LogP contribution in [0.15, 0.2) is 33.3 Å². The highest BCUT2D eigenvalue weighted by Crippen LogP contribution is 2.16. The normalized spacial score (nSPS) is 12.6. The third-order valence-electron chi connectivity index (χ3n) is 3.82. The van der Waals surface area contributed by atoms with Gasteiger partial charge in [0.15, 0.2) is 12.4 Å². The van der Waals surface area contributed by atoms with E-state index in [9.17, 15) is 18.0 Å². The number of hydrogen-bond donors (Lipinski definition) is 1. The average molecular weight is 488 g/mol. The van der Waals surface area contributed by atoms with Crippen LogP contribution in [0, 0.1) is 0 Å². The Morgan fingerprint density at radius 2 is 1.97 bits per heavy atom. The van der Waals surface area contributed by atoms with E-state index >= 15 is 0 Å². The number of halogens is 1. The van der Waals surface area contributed by atoms with E-state index in [0.29, 0.717) is 15.9 Å². The van der Waals surface area contributed by atoms with E-state index in [-0.39, 0.29) is 30.6 Å². The van der Waals surface area contributed by atoms with Gasteiger partial charge in [-0.15, -0.1) is 0 Å². The molecule has 0 aliphatic heterocycles. The molecular weight excluding hydrogens is 466 g/mol. The van der Waals surface area contributed by atoms with Gasteiger partial charge in [-0.05, 0) is 34.5 Å². The van der Waals surface area contributed by atoms with Crippen LogP contribution < -0.4 is 5.32 Å². The van der Waals surface area contributed by atoms with Crippen LogP contribution in [0.2, 0.25) is 0 Å². The summed E-state index contributed by atoms with van der Waals surface area (Å²) in [5, 5.41) is 6.30. The molecule has 0 unspecified atom stereocenters. The summed E-state index contributed by atoms with van der Waals surface area (Å²) in [6.07, 6.45) is 0.922. The Bertz CT molecular complexity index is 973. The Balaban J connectivity index is 2.08. The Hall–Kier alpha value is -2.27. The first-order chi connectivity index (χ1) is 13.6. The summed E-state index contributed by atoms with van der Waals surface area (Å²) in [4.78, 5) is 29.1. The van der Waals surface area contributed by atoms with E-state index in [1.165, 1.54) is 0 Å². The molecule has 2 rings (SSSR count). The maximum absolute atomic E-state index is 12.5. The number of benzene rings is 1. The molecule has 1 N–H and O–H groups in total. The molecule has 0 aliphatic carbocycles. The van der Waals surface area contributed by atoms with Crippen molar-refractivity contribution in [1.82, 2.24) is 15.5 Å². The second-order valence-electron chi connectivity index (χ2n) is 6.73. The van der Waals surface area contributed by atoms with E-state index in [2.05, 4.69) is 31.4 Å². The number of hydrogen-bond acceptors (Lipinski definition) is 8. The molecule has 1 aromatic heterocycles. The van der Waals surface area contributed by atoms with Gasteiger partial charge in [0.2, 0.25) is 0 Å². The van der Waals surface area contributed by atoms with Crippen molar-refractivity contribution in [1.29, 1.82) is 0 Å². The molecule has 0 aliphatic rings. The van der Waals surface area contributed by atoms with Crippen LogP contribution in [0.3, 0.4) is 0 Å². The summed E-state index contributed by atoms with van der Waals surface area (Å²) in [6, 6.07) is 5.51. The van der Waals surface area contributed by atoms with Gasteiger partial charge in [0, 0.05) is 16.6 Å². The van der Waals surface area contributed by atoms with Gasteiger partial charge >= 0.3 is 5.97 Å². The molecule has 0 fully saturated rings. The zero-order chi connectivity index (χ0) is 21.6. The van der Waals surface area contributed by atoms with Crippen molar-refractivity contribution in [2.45, 2.75) is 38.8 Å². The first-order valence-corrected chi connectivity index (χ1v) is 11.6. The SMILES string of the molecule is CC(C)c1noc(COC(=O)[C@H](CCS(C)(=O)=O)NC(=O)c2ccccc2Br)n1. The van der Waals surface area contributed by atoms with Crippen molar-refractivity contribution in [3.8, 4) is 0 Å². The molecule has 0 saturated heterocycles. The number of rotatable bonds is 9. The maximum Gasteiger partial charge on any atom is 0.329 e. The molecule has 1 aromatic carbocycles. The molecule has 1 heterocycles. The first kappa shape index (κ1) is 23.0. The van der Waals surface area contributed by atoms with Crippen LogP contribution >= 0.6 is 15.9 Å². The number of nitrogens with zero attached hydrogens (tertiary/aromatic N) is 2. The maximum atomic E-state index is 12.5. The lowest BCUT2D eigenvalue weighted by Crippen LogP contribution is -2.43. The summed E-state index contributed by atoms with van der Waals surface area (Å²) in [5.41, 5.74) is 0.308. The lowest BCUT2D eigenvalue weighted by Gasteiger charge is -2.17. The van der Waals surface area contributed by atoms with Crippen LogP contribution in [0.4, 0.5) is 0 Å². The Kier molecular flexibility index (Phi) is 7.91. The first-order valence-electron chi connectivity index (χ1n) is 8.79. The minimum absolute atomic E-state index is 0.0503. The predicted octanol–water partition coefficient (Wildman–Crippen LogP) is 2.23. The van der Waals surface area contributed by atoms with Crippen LogP contribution in [-0.4, -0.2) is 48.5 Å². The van der Waals surface area contributed by atoms with Gasteiger partial charge in [-0.2, -0.15) is 4.98 Å². The van der Waals surface area contributed by atoms with Crippen LogP contribution in [0.1, 0.15) is 48.3 Å². The second kappa shape index (κ2) is 9.97. The van der Waals surface area contributed by atoms with Gasteiger partial charge in [0.25, 0.3) is 11.8 Å². The third kappa shape index (κ3) is 7.24. The van der Waals surface area contributed by atoms with Crippen LogP contribution in [0.25, 0.3) is 0 Å². The molecule has 1 atom stereocenters. The molecule has 0 radical (unpaired) electrons. The number of esters is 1. The molecule has 29 heavy (non-hydrogen) atoms. The van der Waals surface area contributed by atoms with E-state index < -0.39 is 27.8 Å². The summed E-state index contributed by atoms with van der Waals surface area (Å²) < 4.78 is 33.7. The highest BCUT2D eigenvalue weighted by molar-refractivity contribution is 9.10. The highest BCUT2D eigenvalue weighted by Gasteiger charge is 2.26. The Morgan fingerprint density at radius 1 is 1.28 bits per heavy atom. The quantitative estimate of drug-likeness (QED) is 0.533. The fourth-order valence-electron chi connectivity index (χ4n) is 2.26. The zero-order valence-corrected chi connectivity index (χ0v) is 18.6. The van der Waals surface area contributed by atoms with Crippen LogP contribution in [-0.2, 0) is 26.0 Å². The van der Waals surface area contributed by atoms with Gasteiger partial charge in [0.05, 0.1) is 11.3 Å². The van der Waals surface area contributed by atoms with Crippen molar-refractivity contribution in [3.63, 3.8) is 0 Å². The lowest BCUT2D eigenvalue weighted by atomic mass is 10.1. The van der Waals surface area contributed by atoms with E-state index in [4.69, 9.17) is 9.26 Å². The molecule has 2 aromatic rings. The molecule has 11 heteroatoms. The molecule has 0 bridgehead atoms. The summed E-state index contributed by atoms with van der Waals surface area (Å²) in [6.45, 7) is 3.50. The van der Waals surface area contributed by atoms with E-state index in [1.54, 1.807) is 24.3 Å². The van der Waals surface area contributed by atoms with Gasteiger partial charge in [0.1, 0.15) is 15.9 Å². The predicted molar refractivity (Wildman–Crippen MR) is 108 cm³/mol. The molecule has 0 saturated carbocycles. The fraction of sp³-hybridized carbons (Fsp3) is 0.444. The lowest BCUT2D eigenvalue weighted by molar-refractivity contribution is -0.148. The Morgan fingerprint density at radius 3 is 2.55 bits per heavy atom. The van der Waals surface area contributed by atoms with E-state index in [0.717, 1.165) is 6.26 Å². The summed E-state index contributed by atoms with van der Waals surface area (Å²) in [7, 11) is -3.34. The average Bonchev–Trinajstić information content (AvgIpc) is 3.12. The largest absolute Gasteiger partial charge is 0.454 e. The molecule has 9 nitrogen and oxygen atoms in total.